The predicted octanol–water partition coefficient (Wildman–Crippen LogP) is -0.553. The Morgan fingerprint density at radius 3 is 2.30 bits per heavy atom. The SMILES string of the molecule is O=S(=O)(O)c1cc(S(=O)(=O)N[C@@H]2C(O)[C@@H](O)C(CO)O[C@@H]2O)ccc1C1=c2cc3c4c(c2Oc2c1cc1c5c2CCCN5CCC1)CCC[N+]=4CCC3. The van der Waals surface area contributed by atoms with Crippen LogP contribution >= 0.6 is 0 Å². The number of benzene rings is 3. The van der Waals surface area contributed by atoms with E-state index in [4.69, 9.17) is 9.47 Å². The van der Waals surface area contributed by atoms with Gasteiger partial charge in [-0.25, -0.2) is 17.7 Å². The molecule has 0 saturated carbocycles. The van der Waals surface area contributed by atoms with Gasteiger partial charge >= 0.3 is 0 Å². The van der Waals surface area contributed by atoms with Crippen LogP contribution in [0.1, 0.15) is 59.1 Å². The van der Waals surface area contributed by atoms with E-state index in [1.54, 1.807) is 0 Å². The fraction of sp³-hybridized carbons (Fsp3) is 0.486. The molecule has 0 radical (unpaired) electrons. The first-order valence-corrected chi connectivity index (χ1v) is 21.2. The van der Waals surface area contributed by atoms with Crippen LogP contribution in [0, 0.1) is 0 Å². The zero-order valence-electron chi connectivity index (χ0n) is 28.9. The van der Waals surface area contributed by atoms with Crippen molar-refractivity contribution in [3.05, 3.63) is 74.3 Å². The number of ether oxygens (including phenoxy) is 2. The predicted molar refractivity (Wildman–Crippen MR) is 191 cm³/mol. The van der Waals surface area contributed by atoms with E-state index in [0.29, 0.717) is 27.9 Å². The van der Waals surface area contributed by atoms with E-state index in [1.807, 2.05) is 0 Å². The van der Waals surface area contributed by atoms with Gasteiger partial charge in [0.2, 0.25) is 15.4 Å². The van der Waals surface area contributed by atoms with Crippen molar-refractivity contribution in [3.63, 3.8) is 0 Å². The summed E-state index contributed by atoms with van der Waals surface area (Å²) in [5.74, 6) is 1.31. The Bertz CT molecular complexity index is 2410. The molecule has 14 nitrogen and oxygen atoms in total. The fourth-order valence-corrected chi connectivity index (χ4v) is 11.4. The van der Waals surface area contributed by atoms with Crippen molar-refractivity contribution in [2.45, 2.75) is 91.8 Å². The first-order valence-electron chi connectivity index (χ1n) is 18.2. The molecular formula is C37H42N3O11S2+. The van der Waals surface area contributed by atoms with Gasteiger partial charge in [-0.15, -0.1) is 0 Å². The molecule has 9 rings (SSSR count). The molecular weight excluding hydrogens is 727 g/mol. The normalized spacial score (nSPS) is 26.3. The number of aliphatic hydroxyl groups excluding tert-OH is 4. The molecule has 3 aromatic rings. The van der Waals surface area contributed by atoms with E-state index in [9.17, 15) is 41.8 Å². The largest absolute Gasteiger partial charge is 0.455 e. The quantitative estimate of drug-likeness (QED) is 0.108. The molecule has 6 aliphatic heterocycles. The van der Waals surface area contributed by atoms with Crippen LogP contribution in [0.5, 0.6) is 11.5 Å². The number of aryl methyl sites for hydroxylation is 2. The Morgan fingerprint density at radius 2 is 1.55 bits per heavy atom. The fourth-order valence-electron chi connectivity index (χ4n) is 9.36. The molecule has 6 aliphatic rings. The summed E-state index contributed by atoms with van der Waals surface area (Å²) < 4.78 is 81.6. The number of fused-ring (bicyclic) bond motifs is 4. The van der Waals surface area contributed by atoms with Crippen LogP contribution < -0.4 is 29.5 Å². The molecule has 0 aromatic heterocycles. The number of nitrogens with one attached hydrogen (secondary N) is 1. The first kappa shape index (κ1) is 35.3. The van der Waals surface area contributed by atoms with Crippen LogP contribution in [0.25, 0.3) is 5.57 Å². The number of rotatable bonds is 6. The Hall–Kier alpha value is -3.45. The van der Waals surface area contributed by atoms with Crippen LogP contribution in [-0.4, -0.2) is 105 Å². The van der Waals surface area contributed by atoms with Gasteiger partial charge in [-0.2, -0.15) is 8.42 Å². The van der Waals surface area contributed by atoms with Gasteiger partial charge in [0.15, 0.2) is 6.29 Å². The van der Waals surface area contributed by atoms with Gasteiger partial charge in [-0.3, -0.25) is 4.55 Å². The van der Waals surface area contributed by atoms with E-state index >= 15 is 0 Å². The number of anilines is 1. The zero-order valence-corrected chi connectivity index (χ0v) is 30.5. The van der Waals surface area contributed by atoms with Crippen molar-refractivity contribution in [1.29, 1.82) is 0 Å². The molecule has 16 heteroatoms. The van der Waals surface area contributed by atoms with E-state index in [2.05, 4.69) is 26.3 Å². The molecule has 1 fully saturated rings. The summed E-state index contributed by atoms with van der Waals surface area (Å²) in [6, 6.07) is 5.80. The first-order chi connectivity index (χ1) is 25.4. The van der Waals surface area contributed by atoms with Crippen molar-refractivity contribution in [1.82, 2.24) is 9.30 Å². The van der Waals surface area contributed by atoms with Gasteiger partial charge in [0.1, 0.15) is 53.8 Å². The zero-order chi connectivity index (χ0) is 37.0. The molecule has 0 bridgehead atoms. The number of nitrogens with zero attached hydrogens (tertiary/aromatic N) is 2. The molecule has 282 valence electrons. The molecule has 0 spiro atoms. The second-order valence-electron chi connectivity index (χ2n) is 14.9. The van der Waals surface area contributed by atoms with Crippen LogP contribution in [0.4, 0.5) is 5.69 Å². The van der Waals surface area contributed by atoms with Crippen molar-refractivity contribution in [2.75, 3.05) is 37.7 Å². The monoisotopic (exact) mass is 768 g/mol. The minimum Gasteiger partial charge on any atom is -0.455 e. The van der Waals surface area contributed by atoms with Gasteiger partial charge in [0.05, 0.1) is 17.1 Å². The van der Waals surface area contributed by atoms with Crippen LogP contribution in [0.15, 0.2) is 40.1 Å². The Labute approximate surface area is 306 Å². The van der Waals surface area contributed by atoms with E-state index in [1.165, 1.54) is 23.2 Å². The molecule has 53 heavy (non-hydrogen) atoms. The third-order valence-electron chi connectivity index (χ3n) is 11.7. The third kappa shape index (κ3) is 5.64. The number of aliphatic hydroxyl groups is 4. The lowest BCUT2D eigenvalue weighted by Gasteiger charge is -2.40. The molecule has 6 heterocycles. The van der Waals surface area contributed by atoms with Crippen molar-refractivity contribution < 1.29 is 51.3 Å². The number of hydrogen-bond donors (Lipinski definition) is 6. The molecule has 5 atom stereocenters. The minimum atomic E-state index is -5.07. The summed E-state index contributed by atoms with van der Waals surface area (Å²) in [7, 11) is -9.78. The van der Waals surface area contributed by atoms with Crippen molar-refractivity contribution >= 4 is 31.4 Å². The molecule has 6 N–H and O–H groups in total. The average Bonchev–Trinajstić information content (AvgIpc) is 3.14. The lowest BCUT2D eigenvalue weighted by Crippen LogP contribution is -2.64. The van der Waals surface area contributed by atoms with Gasteiger partial charge in [0.25, 0.3) is 10.1 Å². The highest BCUT2D eigenvalue weighted by atomic mass is 32.2. The maximum absolute atomic E-state index is 13.7. The summed E-state index contributed by atoms with van der Waals surface area (Å²) in [4.78, 5) is 1.18. The molecule has 3 aromatic carbocycles. The Kier molecular flexibility index (Phi) is 8.53. The van der Waals surface area contributed by atoms with Gasteiger partial charge in [0, 0.05) is 64.7 Å². The highest BCUT2D eigenvalue weighted by Gasteiger charge is 2.46. The van der Waals surface area contributed by atoms with E-state index in [0.717, 1.165) is 106 Å². The van der Waals surface area contributed by atoms with Crippen molar-refractivity contribution in [3.8, 4) is 11.5 Å². The summed E-state index contributed by atoms with van der Waals surface area (Å²) in [5, 5.41) is 42.7. The number of sulfonamides is 1. The molecule has 2 unspecified atom stereocenters. The van der Waals surface area contributed by atoms with Gasteiger partial charge in [-0.1, -0.05) is 6.07 Å². The maximum atomic E-state index is 13.7. The van der Waals surface area contributed by atoms with Crippen LogP contribution in [0.2, 0.25) is 0 Å². The highest BCUT2D eigenvalue weighted by molar-refractivity contribution is 7.89. The number of hydrogen-bond acceptors (Lipinski definition) is 11. The molecule has 1 saturated heterocycles. The summed E-state index contributed by atoms with van der Waals surface area (Å²) in [6.45, 7) is 3.03. The average molecular weight is 769 g/mol. The lowest BCUT2D eigenvalue weighted by molar-refractivity contribution is -0.251. The van der Waals surface area contributed by atoms with E-state index in [-0.39, 0.29) is 5.56 Å². The maximum Gasteiger partial charge on any atom is 0.295 e. The van der Waals surface area contributed by atoms with Gasteiger partial charge in [-0.05, 0) is 68.4 Å². The van der Waals surface area contributed by atoms with Gasteiger partial charge < -0.3 is 34.8 Å². The second-order valence-corrected chi connectivity index (χ2v) is 18.0. The Balaban J connectivity index is 1.27. The second kappa shape index (κ2) is 12.8. The lowest BCUT2D eigenvalue weighted by atomic mass is 9.82. The Morgan fingerprint density at radius 1 is 0.830 bits per heavy atom. The topological polar surface area (TPSA) is 206 Å². The third-order valence-corrected chi connectivity index (χ3v) is 14.0. The minimum absolute atomic E-state index is 0.103. The van der Waals surface area contributed by atoms with Crippen LogP contribution in [-0.2, 0) is 50.6 Å². The van der Waals surface area contributed by atoms with Crippen molar-refractivity contribution in [2.24, 2.45) is 0 Å². The summed E-state index contributed by atoms with van der Waals surface area (Å²) in [6.07, 6.45) is 0.112. The van der Waals surface area contributed by atoms with E-state index < -0.39 is 67.2 Å². The van der Waals surface area contributed by atoms with Crippen LogP contribution in [0.3, 0.4) is 0 Å². The standard InChI is InChI=1S/C37H41N3O11S2/c41-18-27-33(42)34(43)30(37(44)50-27)38-52(45,46)21-9-10-22(28(17-21)53(47,48)49)29-25-15-19-5-1-11-39-13-3-7-23(31(19)39)35(25)51-36-24-8-4-14-40-12-2-6-20(32(24)40)16-26(29)36/h9-10,15-17,27,30,33-34,37-38,41-44H,1-8,11-14,18H2/p+1/t27?,30-,33+,34?,37+/m1/s1. The summed E-state index contributed by atoms with van der Waals surface area (Å²) >= 11 is 0. The summed E-state index contributed by atoms with van der Waals surface area (Å²) in [5.41, 5.74) is 6.89. The highest BCUT2D eigenvalue weighted by Crippen LogP contribution is 2.49. The smallest absolute Gasteiger partial charge is 0.295 e. The molecule has 0 aliphatic carbocycles. The molecule has 0 amide bonds.